The van der Waals surface area contributed by atoms with E-state index in [0.29, 0.717) is 17.5 Å². The SMILES string of the molecule is CCc1c(C#N)c(-c2ccc(-c3ccccc3C)cc2)c(C(=O)O)n1C. The Kier molecular flexibility index (Phi) is 4.64. The molecule has 0 aliphatic carbocycles. The van der Waals surface area contributed by atoms with Gasteiger partial charge in [-0.05, 0) is 35.6 Å². The standard InChI is InChI=1S/C22H20N2O2/c1-4-19-18(13-23)20(21(22(25)26)24(19)3)16-11-9-15(10-12-16)17-8-6-5-7-14(17)2/h5-12H,4H2,1-3H3,(H,25,26). The molecule has 2 aromatic carbocycles. The van der Waals surface area contributed by atoms with Crippen LogP contribution < -0.4 is 0 Å². The summed E-state index contributed by atoms with van der Waals surface area (Å²) in [5, 5.41) is 19.3. The van der Waals surface area contributed by atoms with E-state index in [2.05, 4.69) is 25.1 Å². The average Bonchev–Trinajstić information content (AvgIpc) is 2.94. The summed E-state index contributed by atoms with van der Waals surface area (Å²) in [5.41, 5.74) is 5.95. The number of carboxylic acids is 1. The predicted octanol–water partition coefficient (Wildman–Crippen LogP) is 4.80. The Morgan fingerprint density at radius 3 is 2.27 bits per heavy atom. The quantitative estimate of drug-likeness (QED) is 0.739. The summed E-state index contributed by atoms with van der Waals surface area (Å²) in [6, 6.07) is 18.1. The van der Waals surface area contributed by atoms with Crippen molar-refractivity contribution in [2.45, 2.75) is 20.3 Å². The summed E-state index contributed by atoms with van der Waals surface area (Å²) in [6.07, 6.45) is 0.598. The molecule has 130 valence electrons. The van der Waals surface area contributed by atoms with Crippen LogP contribution in [0.3, 0.4) is 0 Å². The molecule has 1 heterocycles. The number of hydrogen-bond acceptors (Lipinski definition) is 2. The maximum absolute atomic E-state index is 11.8. The van der Waals surface area contributed by atoms with E-state index < -0.39 is 5.97 Å². The number of rotatable bonds is 4. The molecule has 0 bridgehead atoms. The van der Waals surface area contributed by atoms with Crippen LogP contribution in [0.2, 0.25) is 0 Å². The highest BCUT2D eigenvalue weighted by molar-refractivity contribution is 5.97. The summed E-state index contributed by atoms with van der Waals surface area (Å²) in [6.45, 7) is 3.98. The zero-order valence-electron chi connectivity index (χ0n) is 15.1. The van der Waals surface area contributed by atoms with E-state index in [1.165, 1.54) is 5.56 Å². The third-order valence-electron chi connectivity index (χ3n) is 4.79. The van der Waals surface area contributed by atoms with Gasteiger partial charge in [0.05, 0.1) is 5.56 Å². The van der Waals surface area contributed by atoms with Gasteiger partial charge in [-0.2, -0.15) is 5.26 Å². The minimum absolute atomic E-state index is 0.155. The van der Waals surface area contributed by atoms with Gasteiger partial charge >= 0.3 is 5.97 Å². The third-order valence-corrected chi connectivity index (χ3v) is 4.79. The van der Waals surface area contributed by atoms with Crippen molar-refractivity contribution < 1.29 is 9.90 Å². The Morgan fingerprint density at radius 1 is 1.12 bits per heavy atom. The summed E-state index contributed by atoms with van der Waals surface area (Å²) >= 11 is 0. The Balaban J connectivity index is 2.18. The Hall–Kier alpha value is -3.32. The van der Waals surface area contributed by atoms with Gasteiger partial charge < -0.3 is 9.67 Å². The third kappa shape index (κ3) is 2.78. The van der Waals surface area contributed by atoms with Crippen LogP contribution in [0.4, 0.5) is 0 Å². The zero-order chi connectivity index (χ0) is 18.8. The number of benzene rings is 2. The molecule has 0 saturated carbocycles. The van der Waals surface area contributed by atoms with Crippen molar-refractivity contribution >= 4 is 5.97 Å². The molecule has 1 N–H and O–H groups in total. The number of carboxylic acid groups (broad SMARTS) is 1. The molecule has 0 aliphatic rings. The number of aromatic nitrogens is 1. The van der Waals surface area contributed by atoms with Gasteiger partial charge in [0, 0.05) is 18.3 Å². The number of hydrogen-bond donors (Lipinski definition) is 1. The topological polar surface area (TPSA) is 66.0 Å². The van der Waals surface area contributed by atoms with E-state index in [9.17, 15) is 15.2 Å². The van der Waals surface area contributed by atoms with E-state index in [-0.39, 0.29) is 5.69 Å². The van der Waals surface area contributed by atoms with Gasteiger partial charge in [-0.25, -0.2) is 4.79 Å². The highest BCUT2D eigenvalue weighted by Gasteiger charge is 2.25. The highest BCUT2D eigenvalue weighted by atomic mass is 16.4. The molecule has 0 saturated heterocycles. The van der Waals surface area contributed by atoms with Crippen LogP contribution in [0.25, 0.3) is 22.3 Å². The summed E-state index contributed by atoms with van der Waals surface area (Å²) in [5.74, 6) is -1.03. The lowest BCUT2D eigenvalue weighted by atomic mass is 9.95. The lowest BCUT2D eigenvalue weighted by Gasteiger charge is -2.08. The largest absolute Gasteiger partial charge is 0.477 e. The van der Waals surface area contributed by atoms with Crippen LogP contribution in [-0.4, -0.2) is 15.6 Å². The van der Waals surface area contributed by atoms with Crippen molar-refractivity contribution in [3.05, 3.63) is 71.0 Å². The number of aryl methyl sites for hydroxylation is 1. The van der Waals surface area contributed by atoms with E-state index >= 15 is 0 Å². The Labute approximate surface area is 153 Å². The summed E-state index contributed by atoms with van der Waals surface area (Å²) in [4.78, 5) is 11.8. The van der Waals surface area contributed by atoms with E-state index in [1.54, 1.807) is 11.6 Å². The molecule has 0 unspecified atom stereocenters. The second-order valence-electron chi connectivity index (χ2n) is 6.27. The van der Waals surface area contributed by atoms with Crippen LogP contribution in [0.15, 0.2) is 48.5 Å². The molecule has 1 aromatic heterocycles. The molecule has 4 heteroatoms. The molecule has 3 rings (SSSR count). The second-order valence-corrected chi connectivity index (χ2v) is 6.27. The normalized spacial score (nSPS) is 10.5. The molecule has 0 spiro atoms. The average molecular weight is 344 g/mol. The first-order valence-corrected chi connectivity index (χ1v) is 8.51. The van der Waals surface area contributed by atoms with Crippen molar-refractivity contribution in [3.8, 4) is 28.3 Å². The lowest BCUT2D eigenvalue weighted by molar-refractivity contribution is 0.0687. The smallest absolute Gasteiger partial charge is 0.353 e. The molecule has 26 heavy (non-hydrogen) atoms. The van der Waals surface area contributed by atoms with Crippen molar-refractivity contribution in [2.75, 3.05) is 0 Å². The molecule has 0 amide bonds. The Bertz CT molecular complexity index is 1020. The maximum Gasteiger partial charge on any atom is 0.353 e. The Morgan fingerprint density at radius 2 is 1.73 bits per heavy atom. The number of nitrogens with zero attached hydrogens (tertiary/aromatic N) is 2. The molecule has 3 aromatic rings. The lowest BCUT2D eigenvalue weighted by Crippen LogP contribution is -2.07. The monoisotopic (exact) mass is 344 g/mol. The van der Waals surface area contributed by atoms with Gasteiger partial charge in [0.2, 0.25) is 0 Å². The molecule has 0 radical (unpaired) electrons. The zero-order valence-corrected chi connectivity index (χ0v) is 15.1. The first-order valence-electron chi connectivity index (χ1n) is 8.51. The van der Waals surface area contributed by atoms with Crippen molar-refractivity contribution in [1.82, 2.24) is 4.57 Å². The minimum Gasteiger partial charge on any atom is -0.477 e. The number of aromatic carboxylic acids is 1. The van der Waals surface area contributed by atoms with E-state index in [1.807, 2.05) is 43.3 Å². The minimum atomic E-state index is -1.03. The number of nitriles is 1. The molecule has 0 aliphatic heterocycles. The van der Waals surface area contributed by atoms with Crippen molar-refractivity contribution in [2.24, 2.45) is 7.05 Å². The first-order chi connectivity index (χ1) is 12.5. The molecule has 0 atom stereocenters. The fourth-order valence-electron chi connectivity index (χ4n) is 3.51. The first kappa shape index (κ1) is 17.5. The summed E-state index contributed by atoms with van der Waals surface area (Å²) in [7, 11) is 1.70. The van der Waals surface area contributed by atoms with Crippen molar-refractivity contribution in [3.63, 3.8) is 0 Å². The van der Waals surface area contributed by atoms with Gasteiger partial charge in [-0.1, -0.05) is 55.5 Å². The predicted molar refractivity (Wildman–Crippen MR) is 102 cm³/mol. The van der Waals surface area contributed by atoms with E-state index in [4.69, 9.17) is 0 Å². The fourth-order valence-corrected chi connectivity index (χ4v) is 3.51. The van der Waals surface area contributed by atoms with Crippen LogP contribution in [-0.2, 0) is 13.5 Å². The molecular weight excluding hydrogens is 324 g/mol. The second kappa shape index (κ2) is 6.89. The molecular formula is C22H20N2O2. The van der Waals surface area contributed by atoms with Crippen LogP contribution in [0.1, 0.15) is 34.2 Å². The highest BCUT2D eigenvalue weighted by Crippen LogP contribution is 2.34. The van der Waals surface area contributed by atoms with Crippen LogP contribution >= 0.6 is 0 Å². The molecule has 4 nitrogen and oxygen atoms in total. The number of carbonyl (C=O) groups is 1. The van der Waals surface area contributed by atoms with E-state index in [0.717, 1.165) is 22.4 Å². The van der Waals surface area contributed by atoms with Gasteiger partial charge in [0.25, 0.3) is 0 Å². The van der Waals surface area contributed by atoms with Gasteiger partial charge in [-0.15, -0.1) is 0 Å². The maximum atomic E-state index is 11.8. The van der Waals surface area contributed by atoms with Gasteiger partial charge in [-0.3, -0.25) is 0 Å². The van der Waals surface area contributed by atoms with Crippen LogP contribution in [0.5, 0.6) is 0 Å². The van der Waals surface area contributed by atoms with Crippen LogP contribution in [0, 0.1) is 18.3 Å². The summed E-state index contributed by atoms with van der Waals surface area (Å²) < 4.78 is 1.62. The van der Waals surface area contributed by atoms with Gasteiger partial charge in [0.1, 0.15) is 11.8 Å². The van der Waals surface area contributed by atoms with Crippen molar-refractivity contribution in [1.29, 1.82) is 5.26 Å². The van der Waals surface area contributed by atoms with Gasteiger partial charge in [0.15, 0.2) is 0 Å². The molecule has 0 fully saturated rings. The fraction of sp³-hybridized carbons (Fsp3) is 0.182.